The molecular weight excluding hydrogens is 120 g/mol. The first-order chi connectivity index (χ1) is 4.18. The summed E-state index contributed by atoms with van der Waals surface area (Å²) in [6, 6.07) is -0.773. The zero-order valence-corrected chi connectivity index (χ0v) is 5.42. The molecular formula is C5H12N2O2. The number of hydrogen-bond donors (Lipinski definition) is 3. The first-order valence-electron chi connectivity index (χ1n) is 2.87. The van der Waals surface area contributed by atoms with E-state index >= 15 is 0 Å². The average molecular weight is 132 g/mol. The Labute approximate surface area is 54.0 Å². The van der Waals surface area contributed by atoms with Crippen molar-refractivity contribution in [3.8, 4) is 0 Å². The molecule has 0 aliphatic carbocycles. The lowest BCUT2D eigenvalue weighted by Gasteiger charge is -2.04. The van der Waals surface area contributed by atoms with Crippen molar-refractivity contribution in [2.45, 2.75) is 13.0 Å². The summed E-state index contributed by atoms with van der Waals surface area (Å²) in [6.45, 7) is 2.99. The standard InChI is InChI=1S/C5H12N2O2/c1-2-7-3-4(6)5(8)9/h4,7H,2-3,6H2,1H3,(H,8,9)/t4-/m0/s1. The Morgan fingerprint density at radius 3 is 2.78 bits per heavy atom. The first kappa shape index (κ1) is 8.39. The summed E-state index contributed by atoms with van der Waals surface area (Å²) in [5.74, 6) is -0.962. The minimum atomic E-state index is -0.962. The summed E-state index contributed by atoms with van der Waals surface area (Å²) in [7, 11) is 0. The minimum absolute atomic E-state index is 0.339. The maximum atomic E-state index is 10.0. The van der Waals surface area contributed by atoms with Gasteiger partial charge in [0.1, 0.15) is 6.04 Å². The van der Waals surface area contributed by atoms with Crippen LogP contribution in [0.25, 0.3) is 0 Å². The monoisotopic (exact) mass is 132 g/mol. The van der Waals surface area contributed by atoms with Crippen LogP contribution in [0.1, 0.15) is 6.92 Å². The number of carboxylic acid groups (broad SMARTS) is 1. The fraction of sp³-hybridized carbons (Fsp3) is 0.800. The first-order valence-corrected chi connectivity index (χ1v) is 2.87. The van der Waals surface area contributed by atoms with Gasteiger partial charge in [-0.25, -0.2) is 0 Å². The summed E-state index contributed by atoms with van der Waals surface area (Å²) in [4.78, 5) is 10.0. The predicted octanol–water partition coefficient (Wildman–Crippen LogP) is -0.992. The van der Waals surface area contributed by atoms with Crippen molar-refractivity contribution in [2.75, 3.05) is 13.1 Å². The van der Waals surface area contributed by atoms with Gasteiger partial charge in [0.2, 0.25) is 0 Å². The molecule has 0 heterocycles. The smallest absolute Gasteiger partial charge is 0.321 e. The molecule has 0 rings (SSSR count). The maximum absolute atomic E-state index is 10.0. The molecule has 0 amide bonds. The van der Waals surface area contributed by atoms with Gasteiger partial charge in [-0.2, -0.15) is 0 Å². The van der Waals surface area contributed by atoms with E-state index in [4.69, 9.17) is 10.8 Å². The lowest BCUT2D eigenvalue weighted by molar-refractivity contribution is -0.138. The van der Waals surface area contributed by atoms with Crippen molar-refractivity contribution >= 4 is 5.97 Å². The van der Waals surface area contributed by atoms with E-state index in [2.05, 4.69) is 5.32 Å². The number of carbonyl (C=O) groups is 1. The van der Waals surface area contributed by atoms with Gasteiger partial charge < -0.3 is 16.2 Å². The molecule has 4 N–H and O–H groups in total. The Hall–Kier alpha value is -0.610. The molecule has 0 fully saturated rings. The molecule has 0 radical (unpaired) electrons. The maximum Gasteiger partial charge on any atom is 0.321 e. The highest BCUT2D eigenvalue weighted by Crippen LogP contribution is 1.73. The molecule has 1 atom stereocenters. The number of hydrogen-bond acceptors (Lipinski definition) is 3. The fourth-order valence-corrected chi connectivity index (χ4v) is 0.387. The number of aliphatic carboxylic acids is 1. The van der Waals surface area contributed by atoms with Gasteiger partial charge in [0.05, 0.1) is 0 Å². The lowest BCUT2D eigenvalue weighted by Crippen LogP contribution is -2.40. The van der Waals surface area contributed by atoms with Crippen molar-refractivity contribution in [1.29, 1.82) is 0 Å². The van der Waals surface area contributed by atoms with Crippen LogP contribution in [0.3, 0.4) is 0 Å². The van der Waals surface area contributed by atoms with E-state index in [9.17, 15) is 4.79 Å². The number of nitrogens with one attached hydrogen (secondary N) is 1. The van der Waals surface area contributed by atoms with Crippen molar-refractivity contribution in [3.05, 3.63) is 0 Å². The number of likely N-dealkylation sites (N-methyl/N-ethyl adjacent to an activating group) is 1. The van der Waals surface area contributed by atoms with Crippen LogP contribution in [0.2, 0.25) is 0 Å². The van der Waals surface area contributed by atoms with Crippen LogP contribution in [0.4, 0.5) is 0 Å². The summed E-state index contributed by atoms with van der Waals surface area (Å²) in [5.41, 5.74) is 5.14. The van der Waals surface area contributed by atoms with Gasteiger partial charge in [-0.3, -0.25) is 4.79 Å². The Morgan fingerprint density at radius 1 is 1.89 bits per heavy atom. The Kier molecular flexibility index (Phi) is 4.00. The highest BCUT2D eigenvalue weighted by atomic mass is 16.4. The van der Waals surface area contributed by atoms with E-state index < -0.39 is 12.0 Å². The van der Waals surface area contributed by atoms with Crippen LogP contribution in [-0.2, 0) is 4.79 Å². The molecule has 4 heteroatoms. The van der Waals surface area contributed by atoms with Gasteiger partial charge in [0.15, 0.2) is 0 Å². The van der Waals surface area contributed by atoms with Gasteiger partial charge in [0.25, 0.3) is 0 Å². The quantitative estimate of drug-likeness (QED) is 0.459. The van der Waals surface area contributed by atoms with Gasteiger partial charge in [-0.1, -0.05) is 6.92 Å². The molecule has 54 valence electrons. The second kappa shape index (κ2) is 4.29. The van der Waals surface area contributed by atoms with Crippen LogP contribution in [0.15, 0.2) is 0 Å². The van der Waals surface area contributed by atoms with E-state index in [0.29, 0.717) is 6.54 Å². The van der Waals surface area contributed by atoms with Crippen molar-refractivity contribution < 1.29 is 9.90 Å². The van der Waals surface area contributed by atoms with Gasteiger partial charge in [0, 0.05) is 6.54 Å². The minimum Gasteiger partial charge on any atom is -0.480 e. The molecule has 0 spiro atoms. The molecule has 0 aromatic heterocycles. The summed E-state index contributed by atoms with van der Waals surface area (Å²) >= 11 is 0. The van der Waals surface area contributed by atoms with E-state index in [-0.39, 0.29) is 0 Å². The fourth-order valence-electron chi connectivity index (χ4n) is 0.387. The third-order valence-electron chi connectivity index (χ3n) is 0.931. The second-order valence-corrected chi connectivity index (χ2v) is 1.75. The summed E-state index contributed by atoms with van der Waals surface area (Å²) in [5, 5.41) is 11.1. The molecule has 0 aliphatic heterocycles. The largest absolute Gasteiger partial charge is 0.480 e. The molecule has 9 heavy (non-hydrogen) atoms. The molecule has 0 saturated carbocycles. The van der Waals surface area contributed by atoms with Crippen LogP contribution < -0.4 is 11.1 Å². The molecule has 4 nitrogen and oxygen atoms in total. The highest BCUT2D eigenvalue weighted by molar-refractivity contribution is 5.73. The van der Waals surface area contributed by atoms with Gasteiger partial charge >= 0.3 is 5.97 Å². The molecule has 0 aliphatic rings. The highest BCUT2D eigenvalue weighted by Gasteiger charge is 2.08. The molecule has 0 aromatic rings. The number of rotatable bonds is 4. The van der Waals surface area contributed by atoms with Crippen LogP contribution in [0, 0.1) is 0 Å². The average Bonchev–Trinajstić information content (AvgIpc) is 1.82. The normalized spacial score (nSPS) is 13.1. The Bertz CT molecular complexity index is 95.0. The SMILES string of the molecule is CCNC[C@H](N)C(=O)O. The number of carboxylic acids is 1. The van der Waals surface area contributed by atoms with E-state index in [1.165, 1.54) is 0 Å². The topological polar surface area (TPSA) is 75.3 Å². The molecule has 0 saturated heterocycles. The third kappa shape index (κ3) is 3.93. The van der Waals surface area contributed by atoms with E-state index in [1.807, 2.05) is 6.92 Å². The second-order valence-electron chi connectivity index (χ2n) is 1.75. The van der Waals surface area contributed by atoms with Crippen LogP contribution in [-0.4, -0.2) is 30.2 Å². The Morgan fingerprint density at radius 2 is 2.44 bits per heavy atom. The van der Waals surface area contributed by atoms with Crippen LogP contribution in [0.5, 0.6) is 0 Å². The molecule has 0 aromatic carbocycles. The Balaban J connectivity index is 3.27. The molecule has 0 unspecified atom stereocenters. The van der Waals surface area contributed by atoms with Crippen molar-refractivity contribution in [2.24, 2.45) is 5.73 Å². The van der Waals surface area contributed by atoms with Gasteiger partial charge in [-0.05, 0) is 6.54 Å². The predicted molar refractivity (Wildman–Crippen MR) is 34.2 cm³/mol. The lowest BCUT2D eigenvalue weighted by atomic mass is 10.3. The van der Waals surface area contributed by atoms with Gasteiger partial charge in [-0.15, -0.1) is 0 Å². The third-order valence-corrected chi connectivity index (χ3v) is 0.931. The summed E-state index contributed by atoms with van der Waals surface area (Å²) < 4.78 is 0. The summed E-state index contributed by atoms with van der Waals surface area (Å²) in [6.07, 6.45) is 0. The zero-order valence-electron chi connectivity index (χ0n) is 5.42. The van der Waals surface area contributed by atoms with Crippen LogP contribution >= 0.6 is 0 Å². The van der Waals surface area contributed by atoms with Crippen molar-refractivity contribution in [3.63, 3.8) is 0 Å². The van der Waals surface area contributed by atoms with E-state index in [1.54, 1.807) is 0 Å². The zero-order chi connectivity index (χ0) is 7.28. The van der Waals surface area contributed by atoms with Crippen molar-refractivity contribution in [1.82, 2.24) is 5.32 Å². The van der Waals surface area contributed by atoms with E-state index in [0.717, 1.165) is 6.54 Å². The number of nitrogens with two attached hydrogens (primary N) is 1. The molecule has 0 bridgehead atoms.